The summed E-state index contributed by atoms with van der Waals surface area (Å²) >= 11 is 0. The first-order valence-electron chi connectivity index (χ1n) is 10.0. The molecule has 1 saturated heterocycles. The van der Waals surface area contributed by atoms with Gasteiger partial charge in [0, 0.05) is 36.9 Å². The van der Waals surface area contributed by atoms with Crippen LogP contribution in [0.5, 0.6) is 0 Å². The minimum Gasteiger partial charge on any atom is -0.371 e. The van der Waals surface area contributed by atoms with Crippen molar-refractivity contribution in [3.63, 3.8) is 0 Å². The van der Waals surface area contributed by atoms with Crippen LogP contribution in [0.2, 0.25) is 0 Å². The number of anilines is 1. The Morgan fingerprint density at radius 2 is 2.07 bits per heavy atom. The van der Waals surface area contributed by atoms with Gasteiger partial charge in [0.15, 0.2) is 0 Å². The molecule has 2 heterocycles. The molecule has 0 unspecified atom stereocenters. The van der Waals surface area contributed by atoms with Gasteiger partial charge in [-0.3, -0.25) is 9.69 Å². The Kier molecular flexibility index (Phi) is 6.77. The van der Waals surface area contributed by atoms with Crippen LogP contribution in [0.1, 0.15) is 32.3 Å². The van der Waals surface area contributed by atoms with Crippen molar-refractivity contribution in [1.82, 2.24) is 20.2 Å². The molecule has 0 spiro atoms. The predicted molar refractivity (Wildman–Crippen MR) is 110 cm³/mol. The molecule has 3 rings (SSSR count). The third kappa shape index (κ3) is 4.57. The van der Waals surface area contributed by atoms with Gasteiger partial charge >= 0.3 is 0 Å². The predicted octanol–water partition coefficient (Wildman–Crippen LogP) is 2.18. The minimum atomic E-state index is 0.112. The van der Waals surface area contributed by atoms with Gasteiger partial charge in [-0.25, -0.2) is 9.97 Å². The van der Waals surface area contributed by atoms with Crippen molar-refractivity contribution in [1.29, 1.82) is 5.26 Å². The highest BCUT2D eigenvalue weighted by Crippen LogP contribution is 2.30. The van der Waals surface area contributed by atoms with E-state index in [0.29, 0.717) is 23.5 Å². The van der Waals surface area contributed by atoms with E-state index in [9.17, 15) is 10.1 Å². The molecule has 148 valence electrons. The zero-order valence-corrected chi connectivity index (χ0v) is 16.7. The van der Waals surface area contributed by atoms with E-state index in [-0.39, 0.29) is 5.91 Å². The highest BCUT2D eigenvalue weighted by atomic mass is 16.2. The van der Waals surface area contributed by atoms with E-state index in [1.165, 1.54) is 6.33 Å². The van der Waals surface area contributed by atoms with Gasteiger partial charge < -0.3 is 10.2 Å². The quantitative estimate of drug-likeness (QED) is 0.792. The molecule has 1 N–H and O–H groups in total. The molecule has 28 heavy (non-hydrogen) atoms. The smallest absolute Gasteiger partial charge is 0.234 e. The monoisotopic (exact) mass is 380 g/mol. The lowest BCUT2D eigenvalue weighted by molar-refractivity contribution is -0.122. The van der Waals surface area contributed by atoms with Gasteiger partial charge in [-0.1, -0.05) is 13.8 Å². The Morgan fingerprint density at radius 1 is 1.32 bits per heavy atom. The van der Waals surface area contributed by atoms with Crippen molar-refractivity contribution < 1.29 is 4.79 Å². The largest absolute Gasteiger partial charge is 0.371 e. The molecule has 1 aromatic carbocycles. The summed E-state index contributed by atoms with van der Waals surface area (Å²) in [5.41, 5.74) is 2.37. The van der Waals surface area contributed by atoms with Gasteiger partial charge in [0.1, 0.15) is 12.4 Å². The maximum absolute atomic E-state index is 12.1. The molecule has 7 nitrogen and oxygen atoms in total. The van der Waals surface area contributed by atoms with Gasteiger partial charge in [0.25, 0.3) is 0 Å². The SMILES string of the molecule is CCN(CC)CC(=O)NCC1CCN(c2ccc(C#N)c3ncncc23)CC1. The molecule has 1 fully saturated rings. The molecular formula is C21H28N6O. The van der Waals surface area contributed by atoms with Crippen LogP contribution in [0, 0.1) is 17.2 Å². The van der Waals surface area contributed by atoms with Crippen LogP contribution in [0.15, 0.2) is 24.7 Å². The number of likely N-dealkylation sites (N-methyl/N-ethyl adjacent to an activating group) is 1. The molecular weight excluding hydrogens is 352 g/mol. The average molecular weight is 380 g/mol. The summed E-state index contributed by atoms with van der Waals surface area (Å²) in [6.07, 6.45) is 5.33. The Balaban J connectivity index is 1.57. The maximum atomic E-state index is 12.1. The van der Waals surface area contributed by atoms with E-state index in [4.69, 9.17) is 0 Å². The third-order valence-electron chi connectivity index (χ3n) is 5.58. The number of hydrogen-bond donors (Lipinski definition) is 1. The molecule has 0 aliphatic carbocycles. The standard InChI is InChI=1S/C21H28N6O/c1-3-26(4-2)14-20(28)24-12-16-7-9-27(10-8-16)19-6-5-17(11-22)21-18(19)13-23-15-25-21/h5-6,13,15-16H,3-4,7-10,12,14H2,1-2H3,(H,24,28). The molecule has 1 amide bonds. The lowest BCUT2D eigenvalue weighted by Crippen LogP contribution is -2.42. The van der Waals surface area contributed by atoms with Crippen molar-refractivity contribution in [2.24, 2.45) is 5.92 Å². The molecule has 0 radical (unpaired) electrons. The highest BCUT2D eigenvalue weighted by Gasteiger charge is 2.22. The van der Waals surface area contributed by atoms with E-state index < -0.39 is 0 Å². The molecule has 2 aromatic rings. The summed E-state index contributed by atoms with van der Waals surface area (Å²) in [6, 6.07) is 6.04. The van der Waals surface area contributed by atoms with Crippen LogP contribution in [0.25, 0.3) is 10.9 Å². The second kappa shape index (κ2) is 9.47. The first-order valence-corrected chi connectivity index (χ1v) is 10.0. The molecule has 1 aromatic heterocycles. The fourth-order valence-corrected chi connectivity index (χ4v) is 3.77. The normalized spacial score (nSPS) is 15.0. The fourth-order valence-electron chi connectivity index (χ4n) is 3.77. The lowest BCUT2D eigenvalue weighted by atomic mass is 9.95. The van der Waals surface area contributed by atoms with Gasteiger partial charge in [0.2, 0.25) is 5.91 Å². The van der Waals surface area contributed by atoms with Crippen molar-refractivity contribution >= 4 is 22.5 Å². The molecule has 7 heteroatoms. The Morgan fingerprint density at radius 3 is 2.75 bits per heavy atom. The summed E-state index contributed by atoms with van der Waals surface area (Å²) in [7, 11) is 0. The number of nitrogens with zero attached hydrogens (tertiary/aromatic N) is 5. The lowest BCUT2D eigenvalue weighted by Gasteiger charge is -2.34. The summed E-state index contributed by atoms with van der Waals surface area (Å²) < 4.78 is 0. The number of nitrogens with one attached hydrogen (secondary N) is 1. The van der Waals surface area contributed by atoms with Crippen LogP contribution >= 0.6 is 0 Å². The van der Waals surface area contributed by atoms with Gasteiger partial charge in [-0.05, 0) is 44.0 Å². The molecule has 0 atom stereocenters. The molecule has 1 aliphatic rings. The topological polar surface area (TPSA) is 85.2 Å². The van der Waals surface area contributed by atoms with E-state index in [1.54, 1.807) is 6.20 Å². The number of fused-ring (bicyclic) bond motifs is 1. The van der Waals surface area contributed by atoms with Gasteiger partial charge in [-0.15, -0.1) is 0 Å². The van der Waals surface area contributed by atoms with E-state index in [1.807, 2.05) is 12.1 Å². The minimum absolute atomic E-state index is 0.112. The third-order valence-corrected chi connectivity index (χ3v) is 5.58. The van der Waals surface area contributed by atoms with Crippen LogP contribution < -0.4 is 10.2 Å². The fraction of sp³-hybridized carbons (Fsp3) is 0.524. The Bertz CT molecular complexity index is 850. The number of amides is 1. The summed E-state index contributed by atoms with van der Waals surface area (Å²) in [5, 5.41) is 13.3. The second-order valence-corrected chi connectivity index (χ2v) is 7.22. The Labute approximate surface area is 166 Å². The first kappa shape index (κ1) is 20.0. The Hall–Kier alpha value is -2.72. The zero-order chi connectivity index (χ0) is 19.9. The number of piperidine rings is 1. The van der Waals surface area contributed by atoms with Gasteiger partial charge in [0.05, 0.1) is 17.6 Å². The number of carbonyl (C=O) groups is 1. The number of benzene rings is 1. The summed E-state index contributed by atoms with van der Waals surface area (Å²) in [4.78, 5) is 25.0. The van der Waals surface area contributed by atoms with Crippen molar-refractivity contribution in [3.8, 4) is 6.07 Å². The number of nitriles is 1. The molecule has 0 bridgehead atoms. The van der Waals surface area contributed by atoms with Crippen molar-refractivity contribution in [2.45, 2.75) is 26.7 Å². The van der Waals surface area contributed by atoms with E-state index in [2.05, 4.69) is 45.0 Å². The number of hydrogen-bond acceptors (Lipinski definition) is 6. The zero-order valence-electron chi connectivity index (χ0n) is 16.7. The number of aromatic nitrogens is 2. The summed E-state index contributed by atoms with van der Waals surface area (Å²) in [5.74, 6) is 0.610. The van der Waals surface area contributed by atoms with Crippen molar-refractivity contribution in [3.05, 3.63) is 30.2 Å². The number of rotatable bonds is 7. The van der Waals surface area contributed by atoms with E-state index in [0.717, 1.165) is 56.6 Å². The number of carbonyl (C=O) groups excluding carboxylic acids is 1. The van der Waals surface area contributed by atoms with Crippen molar-refractivity contribution in [2.75, 3.05) is 44.2 Å². The van der Waals surface area contributed by atoms with Crippen LogP contribution in [0.3, 0.4) is 0 Å². The highest BCUT2D eigenvalue weighted by molar-refractivity contribution is 5.94. The average Bonchev–Trinajstić information content (AvgIpc) is 2.75. The van der Waals surface area contributed by atoms with Gasteiger partial charge in [-0.2, -0.15) is 5.26 Å². The molecule has 0 saturated carbocycles. The van der Waals surface area contributed by atoms with E-state index >= 15 is 0 Å². The van der Waals surface area contributed by atoms with Crippen LogP contribution in [-0.2, 0) is 4.79 Å². The second-order valence-electron chi connectivity index (χ2n) is 7.22. The maximum Gasteiger partial charge on any atom is 0.234 e. The van der Waals surface area contributed by atoms with Crippen LogP contribution in [0.4, 0.5) is 5.69 Å². The summed E-state index contributed by atoms with van der Waals surface area (Å²) in [6.45, 7) is 9.00. The first-order chi connectivity index (χ1) is 13.7. The molecule has 1 aliphatic heterocycles. The van der Waals surface area contributed by atoms with Crippen LogP contribution in [-0.4, -0.2) is 60.0 Å².